The lowest BCUT2D eigenvalue weighted by molar-refractivity contribution is -0.135. The zero-order chi connectivity index (χ0) is 22.4. The van der Waals surface area contributed by atoms with E-state index in [1.165, 1.54) is 10.6 Å². The van der Waals surface area contributed by atoms with Crippen LogP contribution in [-0.2, 0) is 16.1 Å². The Kier molecular flexibility index (Phi) is 7.44. The Balaban J connectivity index is 2.06. The summed E-state index contributed by atoms with van der Waals surface area (Å²) >= 11 is 7.00. The van der Waals surface area contributed by atoms with E-state index in [2.05, 4.69) is 0 Å². The van der Waals surface area contributed by atoms with E-state index in [9.17, 15) is 14.4 Å². The maximum atomic E-state index is 13.0. The number of benzene rings is 2. The lowest BCUT2D eigenvalue weighted by Gasteiger charge is -2.03. The van der Waals surface area contributed by atoms with Crippen molar-refractivity contribution in [3.8, 4) is 5.75 Å². The number of aromatic nitrogens is 1. The first-order valence-corrected chi connectivity index (χ1v) is 10.6. The molecule has 0 spiro atoms. The first-order valence-electron chi connectivity index (χ1n) is 9.44. The van der Waals surface area contributed by atoms with Crippen LogP contribution in [0.3, 0.4) is 0 Å². The predicted molar refractivity (Wildman–Crippen MR) is 121 cm³/mol. The van der Waals surface area contributed by atoms with Crippen molar-refractivity contribution in [2.75, 3.05) is 13.7 Å². The van der Waals surface area contributed by atoms with Gasteiger partial charge in [-0.15, -0.1) is 11.3 Å². The van der Waals surface area contributed by atoms with Crippen LogP contribution >= 0.6 is 22.9 Å². The minimum Gasteiger partial charge on any atom is -0.497 e. The molecular formula is C23H20ClNO5S. The van der Waals surface area contributed by atoms with Gasteiger partial charge in [0.15, 0.2) is 5.78 Å². The number of thiazole rings is 1. The van der Waals surface area contributed by atoms with Crippen LogP contribution in [-0.4, -0.2) is 30.0 Å². The molecule has 0 atom stereocenters. The van der Waals surface area contributed by atoms with Gasteiger partial charge in [0.25, 0.3) is 5.56 Å². The van der Waals surface area contributed by atoms with Crippen molar-refractivity contribution in [1.29, 1.82) is 0 Å². The van der Waals surface area contributed by atoms with Crippen LogP contribution in [0.4, 0.5) is 0 Å². The third-order valence-corrected chi connectivity index (χ3v) is 5.66. The molecule has 0 aliphatic carbocycles. The van der Waals surface area contributed by atoms with Gasteiger partial charge in [0, 0.05) is 10.6 Å². The molecule has 1 heterocycles. The maximum absolute atomic E-state index is 13.0. The van der Waals surface area contributed by atoms with Gasteiger partial charge in [0.05, 0.1) is 30.9 Å². The normalized spacial score (nSPS) is 12.1. The van der Waals surface area contributed by atoms with Crippen molar-refractivity contribution in [2.45, 2.75) is 13.5 Å². The van der Waals surface area contributed by atoms with Crippen LogP contribution in [0.15, 0.2) is 53.3 Å². The summed E-state index contributed by atoms with van der Waals surface area (Å²) in [5.41, 5.74) is 0.849. The summed E-state index contributed by atoms with van der Waals surface area (Å²) in [6, 6.07) is 13.6. The zero-order valence-corrected chi connectivity index (χ0v) is 18.5. The molecule has 8 heteroatoms. The summed E-state index contributed by atoms with van der Waals surface area (Å²) in [6.45, 7) is 1.69. The number of hydrogen-bond acceptors (Lipinski definition) is 6. The lowest BCUT2D eigenvalue weighted by Crippen LogP contribution is -2.34. The van der Waals surface area contributed by atoms with Gasteiger partial charge >= 0.3 is 5.97 Å². The number of Topliss-reactive ketones (excluding diaryl/α,β-unsaturated/α-hetero) is 1. The van der Waals surface area contributed by atoms with Crippen molar-refractivity contribution >= 4 is 46.8 Å². The second kappa shape index (κ2) is 10.2. The highest BCUT2D eigenvalue weighted by molar-refractivity contribution is 7.07. The molecule has 0 bridgehead atoms. The molecule has 3 aromatic rings. The summed E-state index contributed by atoms with van der Waals surface area (Å²) in [6.07, 6.45) is 2.94. The van der Waals surface area contributed by atoms with Gasteiger partial charge in [-0.25, -0.2) is 4.79 Å². The second-order valence-corrected chi connectivity index (χ2v) is 7.94. The van der Waals surface area contributed by atoms with Crippen molar-refractivity contribution in [3.05, 3.63) is 84.2 Å². The fraction of sp³-hybridized carbons (Fsp3) is 0.174. The molecule has 0 saturated heterocycles. The fourth-order valence-electron chi connectivity index (χ4n) is 2.80. The molecule has 2 aromatic carbocycles. The Morgan fingerprint density at radius 1 is 1.10 bits per heavy atom. The van der Waals surface area contributed by atoms with Crippen LogP contribution in [0.2, 0.25) is 5.02 Å². The van der Waals surface area contributed by atoms with Crippen LogP contribution < -0.4 is 19.5 Å². The van der Waals surface area contributed by atoms with E-state index >= 15 is 0 Å². The molecule has 0 saturated carbocycles. The number of carbonyl (C=O) groups excluding carboxylic acids is 2. The molecule has 3 rings (SSSR count). The van der Waals surface area contributed by atoms with Gasteiger partial charge in [0.1, 0.15) is 10.4 Å². The number of methoxy groups -OCH3 is 1. The fourth-order valence-corrected chi connectivity index (χ4v) is 3.96. The summed E-state index contributed by atoms with van der Waals surface area (Å²) in [4.78, 5) is 37.8. The first-order chi connectivity index (χ1) is 14.9. The summed E-state index contributed by atoms with van der Waals surface area (Å²) in [5.74, 6) is -0.149. The highest BCUT2D eigenvalue weighted by atomic mass is 35.5. The number of halogens is 1. The average molecular weight is 458 g/mol. The van der Waals surface area contributed by atoms with Crippen LogP contribution in [0.1, 0.15) is 22.8 Å². The van der Waals surface area contributed by atoms with Crippen molar-refractivity contribution < 1.29 is 19.1 Å². The van der Waals surface area contributed by atoms with E-state index in [0.29, 0.717) is 25.5 Å². The SMILES string of the molecule is CCOC(=O)/C=c1/s/c(=C\c2ccc(OC)cc2)c(=O)n1CC(=O)c1ccc(Cl)cc1. The zero-order valence-electron chi connectivity index (χ0n) is 17.0. The minimum atomic E-state index is -0.576. The molecule has 0 aliphatic rings. The average Bonchev–Trinajstić information content (AvgIpc) is 3.03. The second-order valence-electron chi connectivity index (χ2n) is 6.44. The minimum absolute atomic E-state index is 0.208. The Hall–Kier alpha value is -3.16. The predicted octanol–water partition coefficient (Wildman–Crippen LogP) is 2.63. The molecule has 160 valence electrons. The van der Waals surface area contributed by atoms with Gasteiger partial charge in [-0.1, -0.05) is 23.7 Å². The number of rotatable bonds is 7. The Labute approximate surface area is 187 Å². The molecular weight excluding hydrogens is 438 g/mol. The summed E-state index contributed by atoms with van der Waals surface area (Å²) in [5, 5.41) is 0.511. The molecule has 0 fully saturated rings. The molecule has 0 aliphatic heterocycles. The van der Waals surface area contributed by atoms with E-state index in [4.69, 9.17) is 21.1 Å². The molecule has 31 heavy (non-hydrogen) atoms. The van der Waals surface area contributed by atoms with E-state index < -0.39 is 5.97 Å². The molecule has 0 radical (unpaired) electrons. The number of ether oxygens (including phenoxy) is 2. The van der Waals surface area contributed by atoms with Gasteiger partial charge < -0.3 is 9.47 Å². The number of hydrogen-bond donors (Lipinski definition) is 0. The van der Waals surface area contributed by atoms with E-state index in [0.717, 1.165) is 16.9 Å². The van der Waals surface area contributed by atoms with Crippen LogP contribution in [0.25, 0.3) is 12.2 Å². The summed E-state index contributed by atoms with van der Waals surface area (Å²) in [7, 11) is 1.58. The number of nitrogens with zero attached hydrogens (tertiary/aromatic N) is 1. The monoisotopic (exact) mass is 457 g/mol. The van der Waals surface area contributed by atoms with E-state index in [-0.39, 0.29) is 24.5 Å². The van der Waals surface area contributed by atoms with Gasteiger partial charge in [-0.05, 0) is 55.0 Å². The smallest absolute Gasteiger partial charge is 0.333 e. The highest BCUT2D eigenvalue weighted by Crippen LogP contribution is 2.12. The third-order valence-electron chi connectivity index (χ3n) is 4.35. The van der Waals surface area contributed by atoms with Gasteiger partial charge in [-0.3, -0.25) is 14.2 Å². The Bertz CT molecular complexity index is 1260. The van der Waals surface area contributed by atoms with Crippen LogP contribution in [0.5, 0.6) is 5.75 Å². The van der Waals surface area contributed by atoms with Crippen LogP contribution in [0, 0.1) is 0 Å². The number of ketones is 1. The van der Waals surface area contributed by atoms with Crippen molar-refractivity contribution in [1.82, 2.24) is 4.57 Å². The molecule has 6 nitrogen and oxygen atoms in total. The van der Waals surface area contributed by atoms with Gasteiger partial charge in [0.2, 0.25) is 0 Å². The Morgan fingerprint density at radius 2 is 1.77 bits per heavy atom. The van der Waals surface area contributed by atoms with Crippen molar-refractivity contribution in [2.24, 2.45) is 0 Å². The number of carbonyl (C=O) groups is 2. The van der Waals surface area contributed by atoms with Crippen molar-refractivity contribution in [3.63, 3.8) is 0 Å². The first kappa shape index (κ1) is 22.5. The molecule has 0 unspecified atom stereocenters. The lowest BCUT2D eigenvalue weighted by atomic mass is 10.1. The Morgan fingerprint density at radius 3 is 2.39 bits per heavy atom. The topological polar surface area (TPSA) is 74.6 Å². The molecule has 0 N–H and O–H groups in total. The number of esters is 1. The van der Waals surface area contributed by atoms with Gasteiger partial charge in [-0.2, -0.15) is 0 Å². The maximum Gasteiger partial charge on any atom is 0.333 e. The van der Waals surface area contributed by atoms with E-state index in [1.54, 1.807) is 56.5 Å². The molecule has 0 amide bonds. The van der Waals surface area contributed by atoms with E-state index in [1.807, 2.05) is 12.1 Å². The highest BCUT2D eigenvalue weighted by Gasteiger charge is 2.13. The third kappa shape index (κ3) is 5.71. The summed E-state index contributed by atoms with van der Waals surface area (Å²) < 4.78 is 12.1. The standard InChI is InChI=1S/C23H20ClNO5S/c1-3-30-22(27)13-21-25(14-19(26)16-6-8-17(24)9-7-16)23(28)20(31-21)12-15-4-10-18(29-2)11-5-15/h4-13H,3,14H2,1-2H3/b20-12-,21-13+. The molecule has 1 aromatic heterocycles. The largest absolute Gasteiger partial charge is 0.497 e. The quantitative estimate of drug-likeness (QED) is 0.403.